The van der Waals surface area contributed by atoms with Crippen LogP contribution in [0.1, 0.15) is 39.5 Å². The predicted octanol–water partition coefficient (Wildman–Crippen LogP) is 2.19. The zero-order chi connectivity index (χ0) is 9.68. The molecule has 0 aromatic carbocycles. The van der Waals surface area contributed by atoms with Gasteiger partial charge < -0.3 is 10.1 Å². The molecular formula is C11H23NO. The molecule has 0 radical (unpaired) electrons. The minimum atomic E-state index is 0.520. The van der Waals surface area contributed by atoms with Gasteiger partial charge in [-0.1, -0.05) is 20.3 Å². The summed E-state index contributed by atoms with van der Waals surface area (Å²) in [5.41, 5.74) is 0. The predicted molar refractivity (Wildman–Crippen MR) is 55.9 cm³/mol. The Morgan fingerprint density at radius 2 is 2.31 bits per heavy atom. The third-order valence-electron chi connectivity index (χ3n) is 3.24. The van der Waals surface area contributed by atoms with Crippen LogP contribution in [0.25, 0.3) is 0 Å². The van der Waals surface area contributed by atoms with Crippen molar-refractivity contribution in [3.63, 3.8) is 0 Å². The van der Waals surface area contributed by atoms with Gasteiger partial charge in [-0.15, -0.1) is 0 Å². The molecule has 1 saturated heterocycles. The lowest BCUT2D eigenvalue weighted by atomic mass is 9.93. The molecule has 0 aromatic rings. The maximum absolute atomic E-state index is 5.64. The summed E-state index contributed by atoms with van der Waals surface area (Å²) in [6.07, 6.45) is 5.46. The highest BCUT2D eigenvalue weighted by molar-refractivity contribution is 4.77. The highest BCUT2D eigenvalue weighted by Gasteiger charge is 2.22. The average Bonchev–Trinajstić information content (AvgIpc) is 2.65. The molecule has 1 aliphatic heterocycles. The summed E-state index contributed by atoms with van der Waals surface area (Å²) in [5.74, 6) is 0.759. The molecule has 1 heterocycles. The van der Waals surface area contributed by atoms with Gasteiger partial charge in [-0.05, 0) is 32.2 Å². The maximum Gasteiger partial charge on any atom is 0.0590 e. The van der Waals surface area contributed by atoms with Gasteiger partial charge in [0.25, 0.3) is 0 Å². The van der Waals surface area contributed by atoms with Crippen LogP contribution in [-0.4, -0.2) is 25.8 Å². The van der Waals surface area contributed by atoms with Gasteiger partial charge in [0.05, 0.1) is 6.10 Å². The molecule has 0 aromatic heterocycles. The van der Waals surface area contributed by atoms with Crippen molar-refractivity contribution < 1.29 is 4.74 Å². The number of nitrogens with one attached hydrogen (secondary N) is 1. The first-order valence-electron chi connectivity index (χ1n) is 5.56. The smallest absolute Gasteiger partial charge is 0.0590 e. The van der Waals surface area contributed by atoms with Crippen LogP contribution < -0.4 is 5.32 Å². The molecule has 0 bridgehead atoms. The first kappa shape index (κ1) is 11.0. The zero-order valence-electron chi connectivity index (χ0n) is 9.18. The lowest BCUT2D eigenvalue weighted by Crippen LogP contribution is -2.35. The van der Waals surface area contributed by atoms with E-state index in [1.807, 2.05) is 0 Å². The van der Waals surface area contributed by atoms with Crippen molar-refractivity contribution in [3.05, 3.63) is 0 Å². The van der Waals surface area contributed by atoms with Crippen LogP contribution in [-0.2, 0) is 4.74 Å². The fourth-order valence-corrected chi connectivity index (χ4v) is 2.03. The van der Waals surface area contributed by atoms with Crippen molar-refractivity contribution in [1.82, 2.24) is 5.32 Å². The molecule has 0 aliphatic carbocycles. The van der Waals surface area contributed by atoms with Gasteiger partial charge in [0.2, 0.25) is 0 Å². The van der Waals surface area contributed by atoms with Crippen LogP contribution in [0.2, 0.25) is 0 Å². The van der Waals surface area contributed by atoms with Crippen molar-refractivity contribution in [1.29, 1.82) is 0 Å². The molecule has 0 spiro atoms. The van der Waals surface area contributed by atoms with E-state index in [1.165, 1.54) is 25.7 Å². The van der Waals surface area contributed by atoms with E-state index in [0.29, 0.717) is 12.1 Å². The standard InChI is InChI=1S/C11H23NO/c1-4-9(2)11(12-3)8-10-6-5-7-13-10/h9-12H,4-8H2,1-3H3. The van der Waals surface area contributed by atoms with E-state index in [4.69, 9.17) is 4.74 Å². The van der Waals surface area contributed by atoms with Gasteiger partial charge >= 0.3 is 0 Å². The van der Waals surface area contributed by atoms with Crippen LogP contribution in [0.3, 0.4) is 0 Å². The van der Waals surface area contributed by atoms with Gasteiger partial charge in [0, 0.05) is 12.6 Å². The van der Waals surface area contributed by atoms with Crippen molar-refractivity contribution in [3.8, 4) is 0 Å². The fourth-order valence-electron chi connectivity index (χ4n) is 2.03. The van der Waals surface area contributed by atoms with E-state index in [9.17, 15) is 0 Å². The lowest BCUT2D eigenvalue weighted by molar-refractivity contribution is 0.0888. The Kier molecular flexibility index (Phi) is 4.74. The summed E-state index contributed by atoms with van der Waals surface area (Å²) in [4.78, 5) is 0. The summed E-state index contributed by atoms with van der Waals surface area (Å²) in [5, 5.41) is 3.40. The van der Waals surface area contributed by atoms with Crippen LogP contribution in [0.5, 0.6) is 0 Å². The molecular weight excluding hydrogens is 162 g/mol. The topological polar surface area (TPSA) is 21.3 Å². The average molecular weight is 185 g/mol. The maximum atomic E-state index is 5.64. The highest BCUT2D eigenvalue weighted by atomic mass is 16.5. The third kappa shape index (κ3) is 3.28. The molecule has 78 valence electrons. The molecule has 1 rings (SSSR count). The molecule has 3 unspecified atom stereocenters. The summed E-state index contributed by atoms with van der Waals surface area (Å²) in [6, 6.07) is 0.632. The quantitative estimate of drug-likeness (QED) is 0.709. The van der Waals surface area contributed by atoms with Gasteiger partial charge in [0.15, 0.2) is 0 Å². The van der Waals surface area contributed by atoms with E-state index in [-0.39, 0.29) is 0 Å². The Bertz CT molecular complexity index is 132. The van der Waals surface area contributed by atoms with E-state index in [2.05, 4.69) is 26.2 Å². The van der Waals surface area contributed by atoms with Gasteiger partial charge in [-0.3, -0.25) is 0 Å². The summed E-state index contributed by atoms with van der Waals surface area (Å²) in [7, 11) is 2.06. The molecule has 0 amide bonds. The second-order valence-corrected chi connectivity index (χ2v) is 4.15. The van der Waals surface area contributed by atoms with Crippen molar-refractivity contribution >= 4 is 0 Å². The summed E-state index contributed by atoms with van der Waals surface area (Å²) in [6.45, 7) is 5.54. The second-order valence-electron chi connectivity index (χ2n) is 4.15. The highest BCUT2D eigenvalue weighted by Crippen LogP contribution is 2.21. The summed E-state index contributed by atoms with van der Waals surface area (Å²) < 4.78 is 5.64. The monoisotopic (exact) mass is 185 g/mol. The minimum Gasteiger partial charge on any atom is -0.378 e. The Labute approximate surface area is 82.0 Å². The van der Waals surface area contributed by atoms with Crippen LogP contribution in [0.4, 0.5) is 0 Å². The van der Waals surface area contributed by atoms with Gasteiger partial charge in [0.1, 0.15) is 0 Å². The van der Waals surface area contributed by atoms with E-state index < -0.39 is 0 Å². The first-order valence-corrected chi connectivity index (χ1v) is 5.56. The number of ether oxygens (including phenoxy) is 1. The van der Waals surface area contributed by atoms with Gasteiger partial charge in [-0.25, -0.2) is 0 Å². The Morgan fingerprint density at radius 1 is 1.54 bits per heavy atom. The molecule has 2 heteroatoms. The molecule has 3 atom stereocenters. The SMILES string of the molecule is CCC(C)C(CC1CCCO1)NC. The molecule has 13 heavy (non-hydrogen) atoms. The van der Waals surface area contributed by atoms with Crippen LogP contribution in [0, 0.1) is 5.92 Å². The zero-order valence-corrected chi connectivity index (χ0v) is 9.18. The van der Waals surface area contributed by atoms with E-state index >= 15 is 0 Å². The van der Waals surface area contributed by atoms with Crippen molar-refractivity contribution in [2.45, 2.75) is 51.7 Å². The second kappa shape index (κ2) is 5.61. The van der Waals surface area contributed by atoms with Crippen LogP contribution >= 0.6 is 0 Å². The lowest BCUT2D eigenvalue weighted by Gasteiger charge is -2.24. The summed E-state index contributed by atoms with van der Waals surface area (Å²) >= 11 is 0. The Balaban J connectivity index is 2.29. The molecule has 0 saturated carbocycles. The van der Waals surface area contributed by atoms with E-state index in [1.54, 1.807) is 0 Å². The minimum absolute atomic E-state index is 0.520. The molecule has 1 N–H and O–H groups in total. The van der Waals surface area contributed by atoms with Crippen molar-refractivity contribution in [2.24, 2.45) is 5.92 Å². The normalized spacial score (nSPS) is 27.5. The molecule has 1 fully saturated rings. The molecule has 1 aliphatic rings. The van der Waals surface area contributed by atoms with Gasteiger partial charge in [-0.2, -0.15) is 0 Å². The van der Waals surface area contributed by atoms with Crippen LogP contribution in [0.15, 0.2) is 0 Å². The largest absolute Gasteiger partial charge is 0.378 e. The molecule has 2 nitrogen and oxygen atoms in total. The number of hydrogen-bond donors (Lipinski definition) is 1. The Morgan fingerprint density at radius 3 is 2.77 bits per heavy atom. The number of hydrogen-bond acceptors (Lipinski definition) is 2. The fraction of sp³-hybridized carbons (Fsp3) is 1.00. The first-order chi connectivity index (χ1) is 6.27. The third-order valence-corrected chi connectivity index (χ3v) is 3.24. The van der Waals surface area contributed by atoms with Crippen molar-refractivity contribution in [2.75, 3.05) is 13.7 Å². The van der Waals surface area contributed by atoms with E-state index in [0.717, 1.165) is 12.5 Å². The Hall–Kier alpha value is -0.0800. The number of rotatable bonds is 5.